The third kappa shape index (κ3) is 2.38. The molecular formula is C15H21NS. The van der Waals surface area contributed by atoms with E-state index in [2.05, 4.69) is 36.1 Å². The molecule has 0 aromatic heterocycles. The maximum atomic E-state index is 2.71. The predicted octanol–water partition coefficient (Wildman–Crippen LogP) is 3.75. The zero-order chi connectivity index (χ0) is 11.7. The van der Waals surface area contributed by atoms with E-state index in [1.165, 1.54) is 43.0 Å². The van der Waals surface area contributed by atoms with Crippen LogP contribution in [0.3, 0.4) is 0 Å². The summed E-state index contributed by atoms with van der Waals surface area (Å²) in [5.41, 5.74) is 1.59. The molecule has 2 aliphatic rings. The minimum absolute atomic E-state index is 0.761. The number of likely N-dealkylation sites (tertiary alicyclic amines) is 1. The van der Waals surface area contributed by atoms with Gasteiger partial charge in [0.25, 0.3) is 0 Å². The standard InChI is InChI=1S/C15H21NS/c1-12-6-4-5-9-16(12)10-13-11-17-15-8-3-2-7-14(13)15/h2-3,7-8,12-13H,4-6,9-11H2,1H3. The molecule has 2 aliphatic heterocycles. The predicted molar refractivity (Wildman–Crippen MR) is 74.8 cm³/mol. The van der Waals surface area contributed by atoms with Gasteiger partial charge in [-0.15, -0.1) is 11.8 Å². The fraction of sp³-hybridized carbons (Fsp3) is 0.600. The summed E-state index contributed by atoms with van der Waals surface area (Å²) >= 11 is 2.04. The molecule has 0 bridgehead atoms. The fourth-order valence-electron chi connectivity index (χ4n) is 3.09. The highest BCUT2D eigenvalue weighted by atomic mass is 32.2. The Morgan fingerprint density at radius 2 is 2.18 bits per heavy atom. The van der Waals surface area contributed by atoms with Crippen molar-refractivity contribution in [2.45, 2.75) is 43.0 Å². The van der Waals surface area contributed by atoms with Crippen molar-refractivity contribution in [1.82, 2.24) is 4.90 Å². The average molecular weight is 247 g/mol. The second-order valence-corrected chi connectivity index (χ2v) is 6.45. The third-order valence-corrected chi connectivity index (χ3v) is 5.45. The van der Waals surface area contributed by atoms with Gasteiger partial charge in [0.15, 0.2) is 0 Å². The topological polar surface area (TPSA) is 3.24 Å². The zero-order valence-corrected chi connectivity index (χ0v) is 11.4. The average Bonchev–Trinajstić information content (AvgIpc) is 2.76. The molecule has 92 valence electrons. The van der Waals surface area contributed by atoms with E-state index >= 15 is 0 Å². The van der Waals surface area contributed by atoms with Crippen molar-refractivity contribution in [3.63, 3.8) is 0 Å². The number of rotatable bonds is 2. The van der Waals surface area contributed by atoms with Crippen LogP contribution in [0.15, 0.2) is 29.2 Å². The summed E-state index contributed by atoms with van der Waals surface area (Å²) in [6.45, 7) is 4.98. The Balaban J connectivity index is 1.70. The number of nitrogens with zero attached hydrogens (tertiary/aromatic N) is 1. The van der Waals surface area contributed by atoms with Gasteiger partial charge < -0.3 is 4.90 Å². The molecule has 0 radical (unpaired) electrons. The maximum Gasteiger partial charge on any atom is 0.0108 e. The van der Waals surface area contributed by atoms with E-state index in [4.69, 9.17) is 0 Å². The van der Waals surface area contributed by atoms with Crippen LogP contribution in [-0.4, -0.2) is 29.8 Å². The minimum Gasteiger partial charge on any atom is -0.300 e. The lowest BCUT2D eigenvalue weighted by atomic mass is 9.97. The number of benzene rings is 1. The van der Waals surface area contributed by atoms with Crippen LogP contribution in [0.25, 0.3) is 0 Å². The van der Waals surface area contributed by atoms with E-state index in [1.54, 1.807) is 5.56 Å². The van der Waals surface area contributed by atoms with Gasteiger partial charge in [-0.25, -0.2) is 0 Å². The van der Waals surface area contributed by atoms with Gasteiger partial charge in [-0.3, -0.25) is 0 Å². The summed E-state index contributed by atoms with van der Waals surface area (Å²) in [5.74, 6) is 2.04. The van der Waals surface area contributed by atoms with E-state index < -0.39 is 0 Å². The van der Waals surface area contributed by atoms with E-state index in [9.17, 15) is 0 Å². The highest BCUT2D eigenvalue weighted by molar-refractivity contribution is 7.99. The molecule has 0 aliphatic carbocycles. The lowest BCUT2D eigenvalue weighted by molar-refractivity contribution is 0.154. The number of hydrogen-bond donors (Lipinski definition) is 0. The summed E-state index contributed by atoms with van der Waals surface area (Å²) in [6.07, 6.45) is 4.21. The Morgan fingerprint density at radius 1 is 1.29 bits per heavy atom. The second kappa shape index (κ2) is 5.03. The Morgan fingerprint density at radius 3 is 3.06 bits per heavy atom. The van der Waals surface area contributed by atoms with Gasteiger partial charge in [-0.1, -0.05) is 24.6 Å². The molecule has 2 unspecified atom stereocenters. The van der Waals surface area contributed by atoms with Crippen molar-refractivity contribution in [1.29, 1.82) is 0 Å². The molecule has 2 atom stereocenters. The molecule has 0 spiro atoms. The number of hydrogen-bond acceptors (Lipinski definition) is 2. The number of thioether (sulfide) groups is 1. The largest absolute Gasteiger partial charge is 0.300 e. The van der Waals surface area contributed by atoms with Crippen molar-refractivity contribution < 1.29 is 0 Å². The third-order valence-electron chi connectivity index (χ3n) is 4.19. The molecule has 1 saturated heterocycles. The molecule has 1 aromatic rings. The van der Waals surface area contributed by atoms with Gasteiger partial charge in [0.05, 0.1) is 0 Å². The summed E-state index contributed by atoms with van der Waals surface area (Å²) < 4.78 is 0. The van der Waals surface area contributed by atoms with Gasteiger partial charge >= 0.3 is 0 Å². The highest BCUT2D eigenvalue weighted by Crippen LogP contribution is 2.40. The summed E-state index contributed by atoms with van der Waals surface area (Å²) in [7, 11) is 0. The first-order chi connectivity index (χ1) is 8.34. The molecule has 3 rings (SSSR count). The van der Waals surface area contributed by atoms with Crippen LogP contribution in [0.5, 0.6) is 0 Å². The van der Waals surface area contributed by atoms with Crippen LogP contribution in [0.1, 0.15) is 37.7 Å². The van der Waals surface area contributed by atoms with E-state index in [0.717, 1.165) is 12.0 Å². The van der Waals surface area contributed by atoms with E-state index in [1.807, 2.05) is 11.8 Å². The number of piperidine rings is 1. The second-order valence-electron chi connectivity index (χ2n) is 5.39. The van der Waals surface area contributed by atoms with Gasteiger partial charge in [0.1, 0.15) is 0 Å². The van der Waals surface area contributed by atoms with E-state index in [0.29, 0.717) is 0 Å². The van der Waals surface area contributed by atoms with Crippen molar-refractivity contribution in [2.24, 2.45) is 0 Å². The maximum absolute atomic E-state index is 2.71. The normalized spacial score (nSPS) is 29.2. The monoisotopic (exact) mass is 247 g/mol. The molecule has 0 N–H and O–H groups in total. The van der Waals surface area contributed by atoms with Gasteiger partial charge in [-0.05, 0) is 37.9 Å². The van der Waals surface area contributed by atoms with Crippen molar-refractivity contribution in [3.05, 3.63) is 29.8 Å². The molecule has 0 saturated carbocycles. The lowest BCUT2D eigenvalue weighted by Crippen LogP contribution is -2.40. The minimum atomic E-state index is 0.761. The Bertz CT molecular complexity index is 390. The first-order valence-electron chi connectivity index (χ1n) is 6.80. The summed E-state index contributed by atoms with van der Waals surface area (Å²) in [4.78, 5) is 4.22. The number of fused-ring (bicyclic) bond motifs is 1. The molecular weight excluding hydrogens is 226 g/mol. The van der Waals surface area contributed by atoms with E-state index in [-0.39, 0.29) is 0 Å². The Labute approximate surface area is 109 Å². The molecule has 1 aromatic carbocycles. The quantitative estimate of drug-likeness (QED) is 0.783. The summed E-state index contributed by atoms with van der Waals surface area (Å²) in [5, 5.41) is 0. The van der Waals surface area contributed by atoms with Crippen LogP contribution in [0.4, 0.5) is 0 Å². The van der Waals surface area contributed by atoms with Crippen LogP contribution >= 0.6 is 11.8 Å². The molecule has 1 nitrogen and oxygen atoms in total. The van der Waals surface area contributed by atoms with Crippen LogP contribution in [-0.2, 0) is 0 Å². The smallest absolute Gasteiger partial charge is 0.0108 e. The first-order valence-corrected chi connectivity index (χ1v) is 7.79. The SMILES string of the molecule is CC1CCCCN1CC1CSc2ccccc21. The van der Waals surface area contributed by atoms with Crippen molar-refractivity contribution in [2.75, 3.05) is 18.8 Å². The van der Waals surface area contributed by atoms with Crippen molar-refractivity contribution >= 4 is 11.8 Å². The zero-order valence-electron chi connectivity index (χ0n) is 10.6. The van der Waals surface area contributed by atoms with Gasteiger partial charge in [0.2, 0.25) is 0 Å². The first kappa shape index (κ1) is 11.6. The Hall–Kier alpha value is -0.470. The molecule has 17 heavy (non-hydrogen) atoms. The molecule has 2 heterocycles. The fourth-order valence-corrected chi connectivity index (χ4v) is 4.33. The molecule has 2 heteroatoms. The van der Waals surface area contributed by atoms with Crippen LogP contribution < -0.4 is 0 Å². The molecule has 1 fully saturated rings. The van der Waals surface area contributed by atoms with Gasteiger partial charge in [0, 0.05) is 29.2 Å². The Kier molecular flexibility index (Phi) is 3.44. The van der Waals surface area contributed by atoms with Crippen LogP contribution in [0, 0.1) is 0 Å². The lowest BCUT2D eigenvalue weighted by Gasteiger charge is -2.35. The highest BCUT2D eigenvalue weighted by Gasteiger charge is 2.27. The van der Waals surface area contributed by atoms with Gasteiger partial charge in [-0.2, -0.15) is 0 Å². The molecule has 0 amide bonds. The van der Waals surface area contributed by atoms with Crippen molar-refractivity contribution in [3.8, 4) is 0 Å². The summed E-state index contributed by atoms with van der Waals surface area (Å²) in [6, 6.07) is 9.75. The van der Waals surface area contributed by atoms with Crippen LogP contribution in [0.2, 0.25) is 0 Å².